The number of amides is 1. The molecule has 2 N–H and O–H groups in total. The number of thioether (sulfide) groups is 1. The molecule has 0 aliphatic rings. The van der Waals surface area contributed by atoms with E-state index in [1.807, 2.05) is 13.0 Å². The molecule has 0 fully saturated rings. The van der Waals surface area contributed by atoms with Gasteiger partial charge in [-0.15, -0.1) is 0 Å². The highest BCUT2D eigenvalue weighted by Gasteiger charge is 2.22. The highest BCUT2D eigenvalue weighted by atomic mass is 79.9. The van der Waals surface area contributed by atoms with E-state index in [0.29, 0.717) is 11.4 Å². The van der Waals surface area contributed by atoms with Crippen LogP contribution < -0.4 is 16.6 Å². The van der Waals surface area contributed by atoms with Crippen LogP contribution in [0.2, 0.25) is 0 Å². The standard InChI is InChI=1S/C22H20BrFN4O4S/c1-12-10-13(23)4-9-16(12)26-17(29)11-33-19(25-15-7-5-14(24)6-8-15)18-20(30)27(2)22(32)28(3)21(18)31/h4-10,30H,11H2,1-3H3,(H,26,29). The summed E-state index contributed by atoms with van der Waals surface area (Å²) in [6.45, 7) is 1.85. The molecule has 3 aromatic rings. The summed E-state index contributed by atoms with van der Waals surface area (Å²) in [6.07, 6.45) is 0. The maximum absolute atomic E-state index is 13.3. The van der Waals surface area contributed by atoms with Gasteiger partial charge in [0.05, 0.1) is 11.4 Å². The van der Waals surface area contributed by atoms with Crippen LogP contribution in [-0.2, 0) is 18.9 Å². The van der Waals surface area contributed by atoms with E-state index >= 15 is 0 Å². The molecule has 8 nitrogen and oxygen atoms in total. The lowest BCUT2D eigenvalue weighted by Gasteiger charge is -2.13. The highest BCUT2D eigenvalue weighted by Crippen LogP contribution is 2.24. The van der Waals surface area contributed by atoms with E-state index in [1.54, 1.807) is 12.1 Å². The zero-order valence-corrected chi connectivity index (χ0v) is 20.3. The van der Waals surface area contributed by atoms with Crippen molar-refractivity contribution < 1.29 is 14.3 Å². The van der Waals surface area contributed by atoms with Crippen molar-refractivity contribution in [2.75, 3.05) is 11.1 Å². The first-order chi connectivity index (χ1) is 15.6. The van der Waals surface area contributed by atoms with Crippen LogP contribution in [0.15, 0.2) is 61.5 Å². The summed E-state index contributed by atoms with van der Waals surface area (Å²) >= 11 is 4.28. The van der Waals surface area contributed by atoms with Crippen LogP contribution in [-0.4, -0.2) is 30.9 Å². The summed E-state index contributed by atoms with van der Waals surface area (Å²) < 4.78 is 15.9. The Bertz CT molecular complexity index is 1370. The van der Waals surface area contributed by atoms with E-state index in [-0.39, 0.29) is 22.3 Å². The molecule has 2 aromatic carbocycles. The number of carbonyl (C=O) groups is 1. The Morgan fingerprint density at radius 1 is 1.15 bits per heavy atom. The number of aromatic hydroxyl groups is 1. The summed E-state index contributed by atoms with van der Waals surface area (Å²) in [4.78, 5) is 41.8. The fourth-order valence-electron chi connectivity index (χ4n) is 2.90. The Labute approximate surface area is 200 Å². The number of rotatable bonds is 5. The second kappa shape index (κ2) is 10.2. The first-order valence-electron chi connectivity index (χ1n) is 9.61. The third kappa shape index (κ3) is 5.60. The molecule has 11 heteroatoms. The molecule has 0 aliphatic carbocycles. The van der Waals surface area contributed by atoms with Crippen LogP contribution in [0.1, 0.15) is 11.1 Å². The topological polar surface area (TPSA) is 106 Å². The van der Waals surface area contributed by atoms with Crippen LogP contribution in [0.3, 0.4) is 0 Å². The SMILES string of the molecule is Cc1cc(Br)ccc1NC(=O)CSC(=Nc1ccc(F)cc1)c1c(O)n(C)c(=O)n(C)c1=O. The van der Waals surface area contributed by atoms with Gasteiger partial charge in [-0.25, -0.2) is 14.2 Å². The average Bonchev–Trinajstić information content (AvgIpc) is 2.78. The molecule has 1 amide bonds. The van der Waals surface area contributed by atoms with Gasteiger partial charge in [-0.2, -0.15) is 0 Å². The number of nitrogens with one attached hydrogen (secondary N) is 1. The zero-order chi connectivity index (χ0) is 24.3. The minimum Gasteiger partial charge on any atom is -0.494 e. The fraction of sp³-hybridized carbons (Fsp3) is 0.182. The van der Waals surface area contributed by atoms with Crippen molar-refractivity contribution in [3.8, 4) is 5.88 Å². The van der Waals surface area contributed by atoms with Gasteiger partial charge in [0.25, 0.3) is 5.56 Å². The molecule has 0 atom stereocenters. The number of carbonyl (C=O) groups excluding carboxylic acids is 1. The number of aryl methyl sites for hydroxylation is 1. The van der Waals surface area contributed by atoms with Gasteiger partial charge in [0.15, 0.2) is 0 Å². The van der Waals surface area contributed by atoms with Crippen molar-refractivity contribution in [1.82, 2.24) is 9.13 Å². The molecule has 172 valence electrons. The molecule has 0 saturated heterocycles. The lowest BCUT2D eigenvalue weighted by molar-refractivity contribution is -0.113. The highest BCUT2D eigenvalue weighted by molar-refractivity contribution is 9.10. The minimum absolute atomic E-state index is 0.0120. The number of benzene rings is 2. The van der Waals surface area contributed by atoms with Gasteiger partial charge in [-0.1, -0.05) is 27.7 Å². The number of nitrogens with zero attached hydrogens (tertiary/aromatic N) is 3. The fourth-order valence-corrected chi connectivity index (χ4v) is 4.21. The van der Waals surface area contributed by atoms with E-state index in [0.717, 1.165) is 30.9 Å². The van der Waals surface area contributed by atoms with Crippen molar-refractivity contribution >= 4 is 50.0 Å². The molecule has 0 spiro atoms. The number of hydrogen-bond acceptors (Lipinski definition) is 6. The van der Waals surface area contributed by atoms with Gasteiger partial charge in [0.1, 0.15) is 16.4 Å². The second-order valence-electron chi connectivity index (χ2n) is 7.09. The summed E-state index contributed by atoms with van der Waals surface area (Å²) in [6, 6.07) is 10.6. The monoisotopic (exact) mass is 534 g/mol. The molecule has 1 heterocycles. The third-order valence-electron chi connectivity index (χ3n) is 4.71. The van der Waals surface area contributed by atoms with Crippen molar-refractivity contribution in [3.05, 3.63) is 84.7 Å². The van der Waals surface area contributed by atoms with E-state index in [9.17, 15) is 23.9 Å². The van der Waals surface area contributed by atoms with Crippen molar-refractivity contribution in [2.24, 2.45) is 19.1 Å². The number of hydrogen-bond donors (Lipinski definition) is 2. The lowest BCUT2D eigenvalue weighted by Crippen LogP contribution is -2.39. The number of aliphatic imine (C=N–C) groups is 1. The van der Waals surface area contributed by atoms with Crippen molar-refractivity contribution in [3.63, 3.8) is 0 Å². The predicted octanol–water partition coefficient (Wildman–Crippen LogP) is 3.45. The summed E-state index contributed by atoms with van der Waals surface area (Å²) in [5.41, 5.74) is 0.0677. The molecule has 0 aliphatic heterocycles. The van der Waals surface area contributed by atoms with Gasteiger partial charge in [-0.3, -0.25) is 18.7 Å². The summed E-state index contributed by atoms with van der Waals surface area (Å²) in [7, 11) is 2.58. The zero-order valence-electron chi connectivity index (χ0n) is 17.9. The number of halogens is 2. The maximum atomic E-state index is 13.3. The largest absolute Gasteiger partial charge is 0.494 e. The Hall–Kier alpha value is -3.18. The smallest absolute Gasteiger partial charge is 0.333 e. The Balaban J connectivity index is 1.97. The Morgan fingerprint density at radius 3 is 2.45 bits per heavy atom. The Kier molecular flexibility index (Phi) is 7.54. The van der Waals surface area contributed by atoms with E-state index in [4.69, 9.17) is 0 Å². The second-order valence-corrected chi connectivity index (χ2v) is 8.97. The first-order valence-corrected chi connectivity index (χ1v) is 11.4. The molecular weight excluding hydrogens is 515 g/mol. The van der Waals surface area contributed by atoms with Crippen molar-refractivity contribution in [2.45, 2.75) is 6.92 Å². The number of aromatic nitrogens is 2. The van der Waals surface area contributed by atoms with Crippen LogP contribution in [0.4, 0.5) is 15.8 Å². The average molecular weight is 535 g/mol. The summed E-state index contributed by atoms with van der Waals surface area (Å²) in [5.74, 6) is -1.55. The quantitative estimate of drug-likeness (QED) is 0.385. The molecule has 0 saturated carbocycles. The normalized spacial score (nSPS) is 11.5. The number of anilines is 1. The van der Waals surface area contributed by atoms with Crippen LogP contribution >= 0.6 is 27.7 Å². The van der Waals surface area contributed by atoms with Crippen LogP contribution in [0.25, 0.3) is 0 Å². The van der Waals surface area contributed by atoms with Crippen LogP contribution in [0.5, 0.6) is 5.88 Å². The lowest BCUT2D eigenvalue weighted by atomic mass is 10.2. The van der Waals surface area contributed by atoms with E-state index in [2.05, 4.69) is 26.2 Å². The minimum atomic E-state index is -0.770. The van der Waals surface area contributed by atoms with Gasteiger partial charge in [0.2, 0.25) is 11.8 Å². The maximum Gasteiger partial charge on any atom is 0.333 e. The third-order valence-corrected chi connectivity index (χ3v) is 6.18. The Morgan fingerprint density at radius 2 is 1.82 bits per heavy atom. The molecule has 0 unspecified atom stereocenters. The van der Waals surface area contributed by atoms with Crippen LogP contribution in [0, 0.1) is 12.7 Å². The van der Waals surface area contributed by atoms with E-state index in [1.165, 1.54) is 38.4 Å². The van der Waals surface area contributed by atoms with Gasteiger partial charge in [-0.05, 0) is 55.0 Å². The molecule has 33 heavy (non-hydrogen) atoms. The van der Waals surface area contributed by atoms with Gasteiger partial charge >= 0.3 is 5.69 Å². The van der Waals surface area contributed by atoms with E-state index < -0.39 is 22.9 Å². The first kappa shape index (κ1) is 24.5. The predicted molar refractivity (Wildman–Crippen MR) is 131 cm³/mol. The van der Waals surface area contributed by atoms with Crippen molar-refractivity contribution in [1.29, 1.82) is 0 Å². The molecule has 0 bridgehead atoms. The van der Waals surface area contributed by atoms with Gasteiger partial charge in [0, 0.05) is 24.3 Å². The molecule has 1 aromatic heterocycles. The molecular formula is C22H20BrFN4O4S. The molecule has 3 rings (SSSR count). The molecule has 0 radical (unpaired) electrons. The van der Waals surface area contributed by atoms with Gasteiger partial charge < -0.3 is 10.4 Å². The summed E-state index contributed by atoms with van der Waals surface area (Å²) in [5, 5.41) is 13.3.